The highest BCUT2D eigenvalue weighted by atomic mass is 32.5. The van der Waals surface area contributed by atoms with E-state index < -0.39 is 94.4 Å². The molecule has 0 bridgehead atoms. The van der Waals surface area contributed by atoms with Gasteiger partial charge in [0.25, 0.3) is 5.56 Å². The number of imidazole rings is 1. The zero-order valence-corrected chi connectivity index (χ0v) is 31.7. The third-order valence-corrected chi connectivity index (χ3v) is 11.1. The lowest BCUT2D eigenvalue weighted by Crippen LogP contribution is -2.40. The minimum absolute atomic E-state index is 0.136. The fraction of sp³-hybridized carbons (Fsp3) is 0.621. The third-order valence-electron chi connectivity index (χ3n) is 8.22. The summed E-state index contributed by atoms with van der Waals surface area (Å²) in [6, 6.07) is 3.39. The normalized spacial score (nSPS) is 25.8. The maximum atomic E-state index is 13.5. The molecule has 1 aliphatic heterocycles. The second-order valence-electron chi connectivity index (χ2n) is 12.5. The minimum Gasteiger partial charge on any atom is -0.474 e. The first-order valence-electron chi connectivity index (χ1n) is 16.6. The number of hydrogen-bond donors (Lipinski definition) is 4. The summed E-state index contributed by atoms with van der Waals surface area (Å²) in [6.45, 7) is -4.30. The molecular weight excluding hydrogens is 803 g/mol. The number of aliphatic hydroxyl groups is 1. The lowest BCUT2D eigenvalue weighted by molar-refractivity contribution is -0.196. The smallest absolute Gasteiger partial charge is 0.411 e. The van der Waals surface area contributed by atoms with Gasteiger partial charge in [0.15, 0.2) is 17.4 Å². The number of carbonyl (C=O) groups excluding carboxylic acids is 1. The summed E-state index contributed by atoms with van der Waals surface area (Å²) >= 11 is 5.73. The highest BCUT2D eigenvalue weighted by Crippen LogP contribution is 2.55. The number of amides is 1. The van der Waals surface area contributed by atoms with Crippen molar-refractivity contribution >= 4 is 49.8 Å². The van der Waals surface area contributed by atoms with Gasteiger partial charge in [0.2, 0.25) is 17.7 Å². The molecule has 1 amide bonds. The zero-order chi connectivity index (χ0) is 39.9. The maximum absolute atomic E-state index is 13.5. The summed E-state index contributed by atoms with van der Waals surface area (Å²) in [5.41, 5.74) is -1.23. The number of aromatic amines is 1. The number of H-pyrrole nitrogens is 1. The summed E-state index contributed by atoms with van der Waals surface area (Å²) in [6.07, 6.45) is -8.75. The monoisotopic (exact) mass is 840 g/mol. The second kappa shape index (κ2) is 18.7. The number of nitriles is 1. The number of anilines is 1. The van der Waals surface area contributed by atoms with Gasteiger partial charge in [0, 0.05) is 30.5 Å². The van der Waals surface area contributed by atoms with Gasteiger partial charge >= 0.3 is 21.1 Å². The molecule has 1 unspecified atom stereocenters. The van der Waals surface area contributed by atoms with Crippen LogP contribution in [0.15, 0.2) is 29.7 Å². The van der Waals surface area contributed by atoms with E-state index in [-0.39, 0.29) is 55.5 Å². The molecule has 3 aromatic heterocycles. The zero-order valence-electron chi connectivity index (χ0n) is 29.0. The van der Waals surface area contributed by atoms with E-state index in [1.807, 2.05) is 6.07 Å². The Labute approximate surface area is 315 Å². The van der Waals surface area contributed by atoms with Crippen LogP contribution in [-0.2, 0) is 48.7 Å². The highest BCUT2D eigenvalue weighted by Gasteiger charge is 2.52. The van der Waals surface area contributed by atoms with Gasteiger partial charge in [-0.05, 0) is 18.2 Å². The standard InChI is InChI=1S/C29H37F3N8O12P2S/c1-15(2)25(42)38-28-37-24-21(26(43)39-28)36-14-40(24)27-23(22(19(10-41)50-27)46-12-29(30,31)32)52-54(55,47-7-3-5-33)48-11-16-8-17(9-18(16)51-53(44)45)49-20-4-6-34-13-35-20/h4,6,13-19,22-23,27,41,53H,3,7-12H2,1-2H3,(H,44,45)(H2,37,38,39,42,43)/t16-,17-,18+,19-,22-,23-,27-,54+/m1/s1. The lowest BCUT2D eigenvalue weighted by Gasteiger charge is -2.31. The average Bonchev–Trinajstić information content (AvgIpc) is 3.81. The Balaban J connectivity index is 1.48. The average molecular weight is 841 g/mol. The number of ether oxygens (including phenoxy) is 3. The van der Waals surface area contributed by atoms with E-state index in [4.69, 9.17) is 44.1 Å². The molecule has 0 spiro atoms. The Morgan fingerprint density at radius 2 is 2.07 bits per heavy atom. The molecule has 1 saturated heterocycles. The number of nitrogens with one attached hydrogen (secondary N) is 2. The van der Waals surface area contributed by atoms with E-state index in [2.05, 4.69) is 30.2 Å². The molecule has 2 aliphatic rings. The van der Waals surface area contributed by atoms with Crippen LogP contribution in [0.3, 0.4) is 0 Å². The Morgan fingerprint density at radius 3 is 2.73 bits per heavy atom. The molecule has 26 heteroatoms. The van der Waals surface area contributed by atoms with E-state index in [1.165, 1.54) is 18.6 Å². The Bertz CT molecular complexity index is 1960. The SMILES string of the molecule is CC(C)C(=O)Nc1nc2c(ncn2[C@@H]2O[C@H](CO)[C@@H](OCC(F)(F)F)[C@H]2O[P@](=S)(OCCC#N)OC[C@H]2C[C@@H](Oc3ccncn3)C[C@@H]2O[PH](=O)O)c(=O)[nH]1. The molecule has 1 aliphatic carbocycles. The number of fused-ring (bicyclic) bond motifs is 1. The molecule has 55 heavy (non-hydrogen) atoms. The van der Waals surface area contributed by atoms with Gasteiger partial charge in [0.05, 0.1) is 44.7 Å². The first-order valence-corrected chi connectivity index (χ1v) is 20.4. The Hall–Kier alpha value is -3.46. The van der Waals surface area contributed by atoms with Crippen LogP contribution in [0.5, 0.6) is 5.88 Å². The van der Waals surface area contributed by atoms with Crippen molar-refractivity contribution in [3.05, 3.63) is 35.3 Å². The molecule has 0 aromatic carbocycles. The van der Waals surface area contributed by atoms with Crippen LogP contribution in [0.4, 0.5) is 19.1 Å². The van der Waals surface area contributed by atoms with Gasteiger partial charge < -0.3 is 37.8 Å². The number of alkyl halides is 3. The van der Waals surface area contributed by atoms with Gasteiger partial charge in [0.1, 0.15) is 37.4 Å². The number of nitrogens with zero attached hydrogens (tertiary/aromatic N) is 6. The van der Waals surface area contributed by atoms with E-state index in [9.17, 15) is 42.6 Å². The van der Waals surface area contributed by atoms with Gasteiger partial charge in [-0.15, -0.1) is 0 Å². The quantitative estimate of drug-likeness (QED) is 0.106. The first kappa shape index (κ1) is 42.7. The van der Waals surface area contributed by atoms with Crippen LogP contribution < -0.4 is 15.6 Å². The largest absolute Gasteiger partial charge is 0.474 e. The predicted octanol–water partition coefficient (Wildman–Crippen LogP) is 2.52. The topological polar surface area (TPSA) is 264 Å². The van der Waals surface area contributed by atoms with Crippen molar-refractivity contribution in [1.29, 1.82) is 5.26 Å². The van der Waals surface area contributed by atoms with Crippen LogP contribution >= 0.6 is 15.0 Å². The fourth-order valence-corrected chi connectivity index (χ4v) is 8.41. The molecule has 9 atom stereocenters. The predicted molar refractivity (Wildman–Crippen MR) is 185 cm³/mol. The molecule has 4 N–H and O–H groups in total. The van der Waals surface area contributed by atoms with Crippen molar-refractivity contribution in [3.8, 4) is 11.9 Å². The highest BCUT2D eigenvalue weighted by molar-refractivity contribution is 8.07. The summed E-state index contributed by atoms with van der Waals surface area (Å²) in [7, 11) is -3.45. The van der Waals surface area contributed by atoms with Crippen LogP contribution in [0, 0.1) is 23.2 Å². The molecule has 5 rings (SSSR count). The van der Waals surface area contributed by atoms with Gasteiger partial charge in [-0.2, -0.15) is 23.4 Å². The van der Waals surface area contributed by atoms with Crippen LogP contribution in [0.25, 0.3) is 11.2 Å². The van der Waals surface area contributed by atoms with Gasteiger partial charge in [-0.1, -0.05) is 13.8 Å². The Morgan fingerprint density at radius 1 is 1.29 bits per heavy atom. The van der Waals surface area contributed by atoms with E-state index in [1.54, 1.807) is 13.8 Å². The number of carbonyl (C=O) groups is 1. The molecule has 0 radical (unpaired) electrons. The summed E-state index contributed by atoms with van der Waals surface area (Å²) in [4.78, 5) is 53.5. The molecule has 302 valence electrons. The first-order chi connectivity index (χ1) is 26.1. The van der Waals surface area contributed by atoms with Gasteiger partial charge in [-0.3, -0.25) is 33.5 Å². The van der Waals surface area contributed by atoms with Gasteiger partial charge in [-0.25, -0.2) is 15.0 Å². The number of aromatic nitrogens is 6. The van der Waals surface area contributed by atoms with E-state index in [0.717, 1.165) is 10.9 Å². The number of aliphatic hydroxyl groups excluding tert-OH is 1. The lowest BCUT2D eigenvalue weighted by atomic mass is 10.1. The minimum atomic E-state index is -4.83. The van der Waals surface area contributed by atoms with Crippen molar-refractivity contribution < 1.29 is 64.8 Å². The van der Waals surface area contributed by atoms with Crippen molar-refractivity contribution in [1.82, 2.24) is 29.5 Å². The molecule has 3 aromatic rings. The fourth-order valence-electron chi connectivity index (χ4n) is 5.76. The van der Waals surface area contributed by atoms with Crippen molar-refractivity contribution in [2.24, 2.45) is 11.8 Å². The van der Waals surface area contributed by atoms with Crippen molar-refractivity contribution in [2.45, 2.75) is 76.0 Å². The molecule has 1 saturated carbocycles. The van der Waals surface area contributed by atoms with Crippen LogP contribution in [0.1, 0.15) is 39.3 Å². The van der Waals surface area contributed by atoms with E-state index in [0.29, 0.717) is 0 Å². The number of rotatable bonds is 18. The summed E-state index contributed by atoms with van der Waals surface area (Å²) in [5, 5.41) is 21.9. The number of halogens is 3. The summed E-state index contributed by atoms with van der Waals surface area (Å²) < 4.78 is 93.8. The maximum Gasteiger partial charge on any atom is 0.411 e. The van der Waals surface area contributed by atoms with Crippen LogP contribution in [0.2, 0.25) is 0 Å². The molecule has 2 fully saturated rings. The second-order valence-corrected chi connectivity index (χ2v) is 16.2. The van der Waals surface area contributed by atoms with Crippen LogP contribution in [-0.4, -0.2) is 109 Å². The van der Waals surface area contributed by atoms with Crippen molar-refractivity contribution in [2.75, 3.05) is 31.7 Å². The van der Waals surface area contributed by atoms with Crippen molar-refractivity contribution in [3.63, 3.8) is 0 Å². The van der Waals surface area contributed by atoms with E-state index >= 15 is 0 Å². The summed E-state index contributed by atoms with van der Waals surface area (Å²) in [5.74, 6) is -1.69. The molecular formula is C29H37F3N8O12P2S. The Kier molecular flexibility index (Phi) is 14.5. The molecule has 4 heterocycles. The third kappa shape index (κ3) is 11.3. The number of hydrogen-bond acceptors (Lipinski definition) is 17. The molecule has 20 nitrogen and oxygen atoms in total.